The van der Waals surface area contributed by atoms with Crippen LogP contribution < -0.4 is 19.8 Å². The smallest absolute Gasteiger partial charge is 0.336 e. The Morgan fingerprint density at radius 3 is 2.17 bits per heavy atom. The third-order valence-electron chi connectivity index (χ3n) is 3.62. The molecule has 1 aromatic heterocycles. The summed E-state index contributed by atoms with van der Waals surface area (Å²) in [5, 5.41) is 0.663. The molecular weight excluding hydrogens is 296 g/mol. The van der Waals surface area contributed by atoms with Crippen LogP contribution in [0, 0.1) is 0 Å². The first-order valence-corrected chi connectivity index (χ1v) is 7.01. The van der Waals surface area contributed by atoms with Crippen molar-refractivity contribution in [2.24, 2.45) is 0 Å². The predicted octanol–water partition coefficient (Wildman–Crippen LogP) is 3.49. The van der Waals surface area contributed by atoms with Gasteiger partial charge in [0.25, 0.3) is 0 Å². The van der Waals surface area contributed by atoms with E-state index in [9.17, 15) is 4.79 Å². The SMILES string of the molecule is COc1cc2oc(=O)cc(-c3ccccc3)c2c(OC)c1OC. The van der Waals surface area contributed by atoms with Crippen LogP contribution in [0.2, 0.25) is 0 Å². The summed E-state index contributed by atoms with van der Waals surface area (Å²) in [7, 11) is 4.59. The molecule has 3 aromatic rings. The number of ether oxygens (including phenoxy) is 3. The maximum absolute atomic E-state index is 12.0. The summed E-state index contributed by atoms with van der Waals surface area (Å²) < 4.78 is 21.6. The van der Waals surface area contributed by atoms with Crippen LogP contribution in [-0.2, 0) is 0 Å². The van der Waals surface area contributed by atoms with Gasteiger partial charge in [0.15, 0.2) is 11.5 Å². The van der Waals surface area contributed by atoms with Crippen molar-refractivity contribution in [1.29, 1.82) is 0 Å². The van der Waals surface area contributed by atoms with Gasteiger partial charge >= 0.3 is 5.63 Å². The second kappa shape index (κ2) is 6.04. The third-order valence-corrected chi connectivity index (χ3v) is 3.62. The molecule has 5 heteroatoms. The van der Waals surface area contributed by atoms with E-state index in [4.69, 9.17) is 18.6 Å². The van der Waals surface area contributed by atoms with E-state index in [1.54, 1.807) is 6.07 Å². The Morgan fingerprint density at radius 1 is 0.870 bits per heavy atom. The molecule has 0 aliphatic rings. The zero-order valence-electron chi connectivity index (χ0n) is 13.1. The molecule has 0 saturated heterocycles. The van der Waals surface area contributed by atoms with Crippen molar-refractivity contribution in [3.05, 3.63) is 52.9 Å². The molecule has 0 bridgehead atoms. The first kappa shape index (κ1) is 15.0. The monoisotopic (exact) mass is 312 g/mol. The average Bonchev–Trinajstić information content (AvgIpc) is 2.59. The van der Waals surface area contributed by atoms with Crippen LogP contribution in [0.5, 0.6) is 17.2 Å². The number of hydrogen-bond donors (Lipinski definition) is 0. The van der Waals surface area contributed by atoms with Crippen LogP contribution in [0.15, 0.2) is 51.7 Å². The van der Waals surface area contributed by atoms with Crippen LogP contribution >= 0.6 is 0 Å². The summed E-state index contributed by atoms with van der Waals surface area (Å²) in [6, 6.07) is 12.6. The highest BCUT2D eigenvalue weighted by atomic mass is 16.5. The Bertz CT molecular complexity index is 897. The number of rotatable bonds is 4. The van der Waals surface area contributed by atoms with Gasteiger partial charge in [-0.05, 0) is 5.56 Å². The Labute approximate surface area is 133 Å². The van der Waals surface area contributed by atoms with E-state index in [0.29, 0.717) is 28.2 Å². The lowest BCUT2D eigenvalue weighted by molar-refractivity contribution is 0.326. The van der Waals surface area contributed by atoms with Gasteiger partial charge < -0.3 is 18.6 Å². The van der Waals surface area contributed by atoms with Gasteiger partial charge in [-0.1, -0.05) is 30.3 Å². The van der Waals surface area contributed by atoms with E-state index in [2.05, 4.69) is 0 Å². The van der Waals surface area contributed by atoms with Crippen LogP contribution in [-0.4, -0.2) is 21.3 Å². The van der Waals surface area contributed by atoms with E-state index in [1.807, 2.05) is 30.3 Å². The number of hydrogen-bond acceptors (Lipinski definition) is 5. The minimum Gasteiger partial charge on any atom is -0.493 e. The van der Waals surface area contributed by atoms with Gasteiger partial charge in [0, 0.05) is 17.7 Å². The largest absolute Gasteiger partial charge is 0.493 e. The van der Waals surface area contributed by atoms with Crippen molar-refractivity contribution >= 4 is 11.0 Å². The molecule has 0 amide bonds. The van der Waals surface area contributed by atoms with Crippen molar-refractivity contribution in [3.63, 3.8) is 0 Å². The summed E-state index contributed by atoms with van der Waals surface area (Å²) in [6.07, 6.45) is 0. The molecule has 0 N–H and O–H groups in total. The topological polar surface area (TPSA) is 57.9 Å². The molecule has 0 aliphatic heterocycles. The fourth-order valence-electron chi connectivity index (χ4n) is 2.64. The highest BCUT2D eigenvalue weighted by molar-refractivity contribution is 6.00. The average molecular weight is 312 g/mol. The Balaban J connectivity index is 2.48. The van der Waals surface area contributed by atoms with Crippen molar-refractivity contribution in [2.45, 2.75) is 0 Å². The quantitative estimate of drug-likeness (QED) is 0.690. The molecular formula is C18H16O5. The lowest BCUT2D eigenvalue weighted by Crippen LogP contribution is -2.02. The van der Waals surface area contributed by atoms with Crippen LogP contribution in [0.25, 0.3) is 22.1 Å². The van der Waals surface area contributed by atoms with Gasteiger partial charge in [-0.15, -0.1) is 0 Å². The molecule has 0 aliphatic carbocycles. The second-order valence-electron chi connectivity index (χ2n) is 4.86. The lowest BCUT2D eigenvalue weighted by Gasteiger charge is -2.16. The normalized spacial score (nSPS) is 10.6. The van der Waals surface area contributed by atoms with Crippen LogP contribution in [0.1, 0.15) is 0 Å². The number of benzene rings is 2. The molecule has 118 valence electrons. The molecule has 0 radical (unpaired) electrons. The standard InChI is InChI=1S/C18H16O5/c1-20-14-10-13-16(18(22-3)17(14)21-2)12(9-15(19)23-13)11-7-5-4-6-8-11/h4-10H,1-3H3. The molecule has 23 heavy (non-hydrogen) atoms. The molecule has 0 unspecified atom stereocenters. The van der Waals surface area contributed by atoms with E-state index in [1.165, 1.54) is 27.4 Å². The number of fused-ring (bicyclic) bond motifs is 1. The van der Waals surface area contributed by atoms with E-state index in [-0.39, 0.29) is 0 Å². The highest BCUT2D eigenvalue weighted by Crippen LogP contribution is 2.46. The lowest BCUT2D eigenvalue weighted by atomic mass is 10.0. The van der Waals surface area contributed by atoms with Crippen molar-refractivity contribution in [2.75, 3.05) is 21.3 Å². The summed E-state index contributed by atoms with van der Waals surface area (Å²) in [6.45, 7) is 0. The van der Waals surface area contributed by atoms with Gasteiger partial charge in [0.1, 0.15) is 5.58 Å². The van der Waals surface area contributed by atoms with E-state index >= 15 is 0 Å². The molecule has 0 spiro atoms. The molecule has 1 heterocycles. The van der Waals surface area contributed by atoms with Crippen molar-refractivity contribution in [1.82, 2.24) is 0 Å². The van der Waals surface area contributed by atoms with Gasteiger partial charge in [-0.2, -0.15) is 0 Å². The highest BCUT2D eigenvalue weighted by Gasteiger charge is 2.21. The van der Waals surface area contributed by atoms with E-state index in [0.717, 1.165) is 11.1 Å². The molecule has 3 rings (SSSR count). The molecule has 0 fully saturated rings. The molecule has 2 aromatic carbocycles. The van der Waals surface area contributed by atoms with Crippen LogP contribution in [0.4, 0.5) is 0 Å². The minimum absolute atomic E-state index is 0.380. The summed E-state index contributed by atoms with van der Waals surface area (Å²) in [5.74, 6) is 1.35. The maximum Gasteiger partial charge on any atom is 0.336 e. The zero-order valence-corrected chi connectivity index (χ0v) is 13.1. The van der Waals surface area contributed by atoms with Gasteiger partial charge in [0.05, 0.1) is 26.7 Å². The van der Waals surface area contributed by atoms with Crippen molar-refractivity contribution in [3.8, 4) is 28.4 Å². The van der Waals surface area contributed by atoms with Gasteiger partial charge in [0.2, 0.25) is 5.75 Å². The molecule has 0 saturated carbocycles. The van der Waals surface area contributed by atoms with E-state index < -0.39 is 5.63 Å². The summed E-state index contributed by atoms with van der Waals surface area (Å²) in [4.78, 5) is 12.0. The minimum atomic E-state index is -0.439. The third kappa shape index (κ3) is 2.50. The first-order valence-electron chi connectivity index (χ1n) is 7.01. The zero-order chi connectivity index (χ0) is 16.4. The number of methoxy groups -OCH3 is 3. The van der Waals surface area contributed by atoms with Gasteiger partial charge in [-0.25, -0.2) is 4.79 Å². The Kier molecular flexibility index (Phi) is 3.93. The van der Waals surface area contributed by atoms with Gasteiger partial charge in [-0.3, -0.25) is 0 Å². The summed E-state index contributed by atoms with van der Waals surface area (Å²) in [5.41, 5.74) is 1.54. The Morgan fingerprint density at radius 2 is 1.57 bits per heavy atom. The fourth-order valence-corrected chi connectivity index (χ4v) is 2.64. The molecule has 5 nitrogen and oxygen atoms in total. The first-order chi connectivity index (χ1) is 11.2. The second-order valence-corrected chi connectivity index (χ2v) is 4.86. The maximum atomic E-state index is 12.0. The van der Waals surface area contributed by atoms with Crippen molar-refractivity contribution < 1.29 is 18.6 Å². The molecule has 0 atom stereocenters. The Hall–Kier alpha value is -2.95. The summed E-state index contributed by atoms with van der Waals surface area (Å²) >= 11 is 0. The van der Waals surface area contributed by atoms with Crippen LogP contribution in [0.3, 0.4) is 0 Å². The predicted molar refractivity (Wildman–Crippen MR) is 87.6 cm³/mol. The fraction of sp³-hybridized carbons (Fsp3) is 0.167.